The van der Waals surface area contributed by atoms with E-state index in [-0.39, 0.29) is 17.0 Å². The largest absolute Gasteiger partial charge is 0.453 e. The molecule has 1 aliphatic carbocycles. The summed E-state index contributed by atoms with van der Waals surface area (Å²) in [6.45, 7) is 9.10. The van der Waals surface area contributed by atoms with E-state index in [9.17, 15) is 4.79 Å². The Balaban J connectivity index is 0.775. The van der Waals surface area contributed by atoms with Crippen molar-refractivity contribution < 1.29 is 14.3 Å². The second kappa shape index (κ2) is 18.8. The number of aromatic nitrogens is 3. The third kappa shape index (κ3) is 7.56. The van der Waals surface area contributed by atoms with Gasteiger partial charge in [-0.3, -0.25) is 14.2 Å². The summed E-state index contributed by atoms with van der Waals surface area (Å²) in [5.41, 5.74) is 18.9. The molecule has 0 radical (unpaired) electrons. The highest BCUT2D eigenvalue weighted by Crippen LogP contribution is 2.58. The van der Waals surface area contributed by atoms with Gasteiger partial charge in [-0.25, -0.2) is 0 Å². The van der Waals surface area contributed by atoms with Gasteiger partial charge in [-0.15, -0.1) is 10.2 Å². The number of ether oxygens (including phenoxy) is 1. The van der Waals surface area contributed by atoms with E-state index in [1.54, 1.807) is 0 Å². The van der Waals surface area contributed by atoms with Crippen molar-refractivity contribution in [3.63, 3.8) is 0 Å². The lowest BCUT2D eigenvalue weighted by atomic mass is 9.70. The van der Waals surface area contributed by atoms with Gasteiger partial charge in [0, 0.05) is 67.0 Å². The minimum absolute atomic E-state index is 0.172. The zero-order chi connectivity index (χ0) is 57.3. The fourth-order valence-electron chi connectivity index (χ4n) is 13.7. The summed E-state index contributed by atoms with van der Waals surface area (Å²) in [7, 11) is 0. The molecule has 12 aromatic rings. The monoisotopic (exact) mass is 1100 g/mol. The van der Waals surface area contributed by atoms with Crippen molar-refractivity contribution in [3.05, 3.63) is 299 Å². The summed E-state index contributed by atoms with van der Waals surface area (Å²) in [6.07, 6.45) is 0. The molecule has 1 aromatic heterocycles. The van der Waals surface area contributed by atoms with Gasteiger partial charge in [0.25, 0.3) is 0 Å². The first-order valence-electron chi connectivity index (χ1n) is 28.8. The van der Waals surface area contributed by atoms with Crippen LogP contribution in [0.15, 0.2) is 255 Å². The van der Waals surface area contributed by atoms with Crippen LogP contribution in [0.3, 0.4) is 0 Å². The first-order chi connectivity index (χ1) is 41.5. The normalized spacial score (nSPS) is 14.6. The maximum atomic E-state index is 15.0. The number of benzene rings is 11. The molecule has 0 amide bonds. The fourth-order valence-corrected chi connectivity index (χ4v) is 13.7. The van der Waals surface area contributed by atoms with Crippen molar-refractivity contribution in [1.82, 2.24) is 14.8 Å². The number of carbonyl (C=O) groups is 2. The van der Waals surface area contributed by atoms with Crippen molar-refractivity contribution in [2.24, 2.45) is 0 Å². The molecule has 0 N–H and O–H groups in total. The SMILES string of the molecule is CC1(C)c2ccccc2N(c2ccc3c(c2)C(=O)c2ccc(N4c5ccccc5C(C)(C)c5c(-c6ccc7c(c6)N(c6ccc(-c8nnc(-c9ccccc9)n8-c8ccccc8)cc6)c6ccccc6O7)cccc54)cc2C3=O)c2ccccc21. The summed E-state index contributed by atoms with van der Waals surface area (Å²) in [6, 6.07) is 87.0. The summed E-state index contributed by atoms with van der Waals surface area (Å²) >= 11 is 0. The van der Waals surface area contributed by atoms with Crippen LogP contribution in [-0.4, -0.2) is 26.3 Å². The number of rotatable bonds is 7. The molecule has 11 aromatic carbocycles. The minimum atomic E-state index is -0.476. The Morgan fingerprint density at radius 2 is 0.765 bits per heavy atom. The number of anilines is 9. The smallest absolute Gasteiger partial charge is 0.194 e. The average molecular weight is 1100 g/mol. The third-order valence-electron chi connectivity index (χ3n) is 17.8. The predicted octanol–water partition coefficient (Wildman–Crippen LogP) is 18.8. The number of hydrogen-bond acceptors (Lipinski definition) is 8. The van der Waals surface area contributed by atoms with Crippen molar-refractivity contribution in [2.45, 2.75) is 38.5 Å². The number of para-hydroxylation sites is 6. The molecule has 85 heavy (non-hydrogen) atoms. The number of nitrogens with zero attached hydrogens (tertiary/aromatic N) is 6. The van der Waals surface area contributed by atoms with Crippen molar-refractivity contribution in [1.29, 1.82) is 0 Å². The van der Waals surface area contributed by atoms with Crippen LogP contribution < -0.4 is 19.4 Å². The minimum Gasteiger partial charge on any atom is -0.453 e. The Bertz CT molecular complexity index is 4710. The first kappa shape index (κ1) is 49.9. The highest BCUT2D eigenvalue weighted by atomic mass is 16.5. The molecule has 9 heteroatoms. The zero-order valence-electron chi connectivity index (χ0n) is 47.2. The lowest BCUT2D eigenvalue weighted by Gasteiger charge is -2.43. The van der Waals surface area contributed by atoms with Crippen LogP contribution in [0.1, 0.15) is 81.8 Å². The lowest BCUT2D eigenvalue weighted by molar-refractivity contribution is 0.0979. The quantitative estimate of drug-likeness (QED) is 0.156. The van der Waals surface area contributed by atoms with Crippen LogP contribution in [-0.2, 0) is 10.8 Å². The van der Waals surface area contributed by atoms with Gasteiger partial charge in [-0.2, -0.15) is 0 Å². The van der Waals surface area contributed by atoms with E-state index in [0.29, 0.717) is 22.3 Å². The Labute approximate surface area is 492 Å². The van der Waals surface area contributed by atoms with E-state index in [4.69, 9.17) is 14.9 Å². The van der Waals surface area contributed by atoms with E-state index in [2.05, 4.69) is 211 Å². The van der Waals surface area contributed by atoms with Gasteiger partial charge in [0.2, 0.25) is 0 Å². The molecule has 4 aliphatic rings. The van der Waals surface area contributed by atoms with Crippen molar-refractivity contribution >= 4 is 62.8 Å². The van der Waals surface area contributed by atoms with Gasteiger partial charge in [0.05, 0.1) is 34.1 Å². The summed E-state index contributed by atoms with van der Waals surface area (Å²) in [5.74, 6) is 2.64. The Hall–Kier alpha value is -10.9. The van der Waals surface area contributed by atoms with E-state index >= 15 is 4.79 Å². The number of fused-ring (bicyclic) bond motifs is 8. The topological polar surface area (TPSA) is 83.8 Å². The average Bonchev–Trinajstić information content (AvgIpc) is 1.43. The second-order valence-electron chi connectivity index (χ2n) is 23.3. The maximum absolute atomic E-state index is 15.0. The number of hydrogen-bond donors (Lipinski definition) is 0. The van der Waals surface area contributed by atoms with E-state index in [1.807, 2.05) is 91.0 Å². The van der Waals surface area contributed by atoms with Crippen LogP contribution in [0.4, 0.5) is 51.2 Å². The molecule has 406 valence electrons. The third-order valence-corrected chi connectivity index (χ3v) is 17.8. The summed E-state index contributed by atoms with van der Waals surface area (Å²) in [4.78, 5) is 36.7. The molecule has 0 saturated heterocycles. The zero-order valence-corrected chi connectivity index (χ0v) is 47.2. The van der Waals surface area contributed by atoms with Gasteiger partial charge >= 0.3 is 0 Å². The fraction of sp³-hybridized carbons (Fsp3) is 0.0789. The lowest BCUT2D eigenvalue weighted by Crippen LogP contribution is -2.31. The molecule has 0 fully saturated rings. The van der Waals surface area contributed by atoms with Gasteiger partial charge in [0.1, 0.15) is 0 Å². The van der Waals surface area contributed by atoms with Gasteiger partial charge < -0.3 is 19.4 Å². The second-order valence-corrected chi connectivity index (χ2v) is 23.3. The molecule has 3 aliphatic heterocycles. The van der Waals surface area contributed by atoms with E-state index < -0.39 is 5.41 Å². The number of ketones is 2. The molecule has 0 bridgehead atoms. The Kier molecular flexibility index (Phi) is 11.0. The predicted molar refractivity (Wildman–Crippen MR) is 339 cm³/mol. The Morgan fingerprint density at radius 1 is 0.318 bits per heavy atom. The molecule has 9 nitrogen and oxygen atoms in total. The molecule has 0 unspecified atom stereocenters. The summed E-state index contributed by atoms with van der Waals surface area (Å²) < 4.78 is 8.84. The molecule has 16 rings (SSSR count). The van der Waals surface area contributed by atoms with Crippen LogP contribution in [0, 0.1) is 0 Å². The Morgan fingerprint density at radius 3 is 1.36 bits per heavy atom. The van der Waals surface area contributed by atoms with Crippen molar-refractivity contribution in [3.8, 4) is 51.1 Å². The molecular weight excluding hydrogens is 1040 g/mol. The molecule has 0 atom stereocenters. The summed E-state index contributed by atoms with van der Waals surface area (Å²) in [5, 5.41) is 9.53. The molecule has 4 heterocycles. The van der Waals surface area contributed by atoms with E-state index in [1.165, 1.54) is 11.1 Å². The van der Waals surface area contributed by atoms with Gasteiger partial charge in [0.15, 0.2) is 34.7 Å². The first-order valence-corrected chi connectivity index (χ1v) is 28.8. The van der Waals surface area contributed by atoms with Crippen LogP contribution >= 0.6 is 0 Å². The van der Waals surface area contributed by atoms with Crippen molar-refractivity contribution in [2.75, 3.05) is 14.7 Å². The van der Waals surface area contributed by atoms with E-state index in [0.717, 1.165) is 113 Å². The highest BCUT2D eigenvalue weighted by molar-refractivity contribution is 6.29. The van der Waals surface area contributed by atoms with Gasteiger partial charge in [-0.05, 0) is 155 Å². The molecular formula is C76H54N6O3. The van der Waals surface area contributed by atoms with Crippen LogP contribution in [0.25, 0.3) is 39.6 Å². The standard InChI is InChI=1S/C76H54N6O3/c1-75(2)59-25-11-14-28-62(59)80(63-29-15-12-26-60(63)75)52-39-41-55-57(45-52)71(83)56-42-40-53(46-58(56)72(55)84)81-64-30-16-13-27-61(64)76(3,4)70-54(24-19-32-66(70)81)49-36-43-69-67(44-49)79(65-31-17-18-33-68(65)85-69)51-37-34-48(35-38-51)74-78-77-73(47-20-7-5-8-21-47)82(74)50-22-9-6-10-23-50/h5-46H,1-4H3. The van der Waals surface area contributed by atoms with Crippen LogP contribution in [0.2, 0.25) is 0 Å². The van der Waals surface area contributed by atoms with Gasteiger partial charge in [-0.1, -0.05) is 161 Å². The molecule has 0 spiro atoms. The highest BCUT2D eigenvalue weighted by Gasteiger charge is 2.42. The molecule has 0 saturated carbocycles. The van der Waals surface area contributed by atoms with Crippen LogP contribution in [0.5, 0.6) is 11.5 Å². The number of carbonyl (C=O) groups excluding carboxylic acids is 2. The maximum Gasteiger partial charge on any atom is 0.194 e.